The van der Waals surface area contributed by atoms with Gasteiger partial charge in [-0.3, -0.25) is 14.5 Å². The average molecular weight is 373 g/mol. The summed E-state index contributed by atoms with van der Waals surface area (Å²) in [4.78, 5) is 31.3. The SMILES string of the molecule is CN1CCCN(CC(=O)N2C[C@H]3c4ccccc4OC[C@@]3(C(=O)O)C2)CC1. The fourth-order valence-corrected chi connectivity index (χ4v) is 4.58. The van der Waals surface area contributed by atoms with E-state index in [1.807, 2.05) is 24.3 Å². The van der Waals surface area contributed by atoms with Crippen molar-refractivity contribution in [2.45, 2.75) is 12.3 Å². The number of hydrogen-bond acceptors (Lipinski definition) is 5. The lowest BCUT2D eigenvalue weighted by Gasteiger charge is -2.35. The van der Waals surface area contributed by atoms with Crippen molar-refractivity contribution in [3.63, 3.8) is 0 Å². The summed E-state index contributed by atoms with van der Waals surface area (Å²) in [6, 6.07) is 7.59. The van der Waals surface area contributed by atoms with Gasteiger partial charge in [-0.1, -0.05) is 18.2 Å². The van der Waals surface area contributed by atoms with E-state index < -0.39 is 11.4 Å². The van der Waals surface area contributed by atoms with Crippen LogP contribution in [0.4, 0.5) is 0 Å². The van der Waals surface area contributed by atoms with Crippen molar-refractivity contribution >= 4 is 11.9 Å². The zero-order chi connectivity index (χ0) is 19.0. The van der Waals surface area contributed by atoms with Gasteiger partial charge in [-0.15, -0.1) is 0 Å². The Morgan fingerprint density at radius 1 is 1.22 bits per heavy atom. The quantitative estimate of drug-likeness (QED) is 0.842. The highest BCUT2D eigenvalue weighted by Crippen LogP contribution is 2.49. The number of amides is 1. The summed E-state index contributed by atoms with van der Waals surface area (Å²) in [7, 11) is 2.10. The molecule has 2 saturated heterocycles. The molecule has 27 heavy (non-hydrogen) atoms. The van der Waals surface area contributed by atoms with Crippen molar-refractivity contribution in [3.8, 4) is 5.75 Å². The van der Waals surface area contributed by atoms with Crippen LogP contribution in [0.2, 0.25) is 0 Å². The summed E-state index contributed by atoms with van der Waals surface area (Å²) in [5.74, 6) is -0.343. The molecule has 0 aliphatic carbocycles. The number of carboxylic acids is 1. The summed E-state index contributed by atoms with van der Waals surface area (Å²) >= 11 is 0. The number of hydrogen-bond donors (Lipinski definition) is 1. The lowest BCUT2D eigenvalue weighted by Crippen LogP contribution is -2.47. The minimum atomic E-state index is -1.05. The molecule has 4 rings (SSSR count). The topological polar surface area (TPSA) is 73.3 Å². The van der Waals surface area contributed by atoms with Gasteiger partial charge in [0, 0.05) is 37.7 Å². The van der Waals surface area contributed by atoms with Crippen LogP contribution < -0.4 is 4.74 Å². The third-order valence-corrected chi connectivity index (χ3v) is 6.27. The molecule has 1 N–H and O–H groups in total. The minimum absolute atomic E-state index is 0.0204. The Hall–Kier alpha value is -2.12. The first-order chi connectivity index (χ1) is 13.0. The van der Waals surface area contributed by atoms with Crippen LogP contribution in [-0.2, 0) is 9.59 Å². The van der Waals surface area contributed by atoms with E-state index in [0.29, 0.717) is 13.1 Å². The van der Waals surface area contributed by atoms with Crippen molar-refractivity contribution < 1.29 is 19.4 Å². The molecule has 3 heterocycles. The summed E-state index contributed by atoms with van der Waals surface area (Å²) < 4.78 is 5.77. The molecule has 7 nitrogen and oxygen atoms in total. The standard InChI is InChI=1S/C20H27N3O4/c1-21-7-4-8-22(10-9-21)12-18(24)23-11-16-15-5-2-3-6-17(15)27-14-20(16,13-23)19(25)26/h2-3,5-6,16H,4,7-14H2,1H3,(H,25,26)/t16-,20-/m0/s1. The number of benzene rings is 1. The molecule has 3 aliphatic rings. The molecule has 1 aromatic carbocycles. The van der Waals surface area contributed by atoms with E-state index in [2.05, 4.69) is 16.8 Å². The molecule has 1 amide bonds. The Bertz CT molecular complexity index is 740. The number of aliphatic carboxylic acids is 1. The zero-order valence-electron chi connectivity index (χ0n) is 15.8. The van der Waals surface area contributed by atoms with E-state index in [4.69, 9.17) is 4.74 Å². The van der Waals surface area contributed by atoms with Gasteiger partial charge in [0.05, 0.1) is 6.54 Å². The van der Waals surface area contributed by atoms with Gasteiger partial charge in [-0.2, -0.15) is 0 Å². The molecule has 0 unspecified atom stereocenters. The Labute approximate surface area is 159 Å². The van der Waals surface area contributed by atoms with Gasteiger partial charge in [0.25, 0.3) is 0 Å². The maximum Gasteiger partial charge on any atom is 0.315 e. The number of fused-ring (bicyclic) bond motifs is 3. The molecule has 2 atom stereocenters. The average Bonchev–Trinajstić information content (AvgIpc) is 2.97. The third-order valence-electron chi connectivity index (χ3n) is 6.27. The summed E-state index contributed by atoms with van der Waals surface area (Å²) in [5.41, 5.74) is -0.152. The Balaban J connectivity index is 1.51. The monoisotopic (exact) mass is 373 g/mol. The van der Waals surface area contributed by atoms with Crippen molar-refractivity contribution in [1.82, 2.24) is 14.7 Å². The molecule has 0 aromatic heterocycles. The first-order valence-electron chi connectivity index (χ1n) is 9.63. The van der Waals surface area contributed by atoms with Crippen LogP contribution in [0.3, 0.4) is 0 Å². The van der Waals surface area contributed by atoms with Crippen molar-refractivity contribution in [2.24, 2.45) is 5.41 Å². The van der Waals surface area contributed by atoms with E-state index in [0.717, 1.165) is 43.9 Å². The van der Waals surface area contributed by atoms with E-state index in [9.17, 15) is 14.7 Å². The predicted molar refractivity (Wildman–Crippen MR) is 99.9 cm³/mol. The first-order valence-corrected chi connectivity index (χ1v) is 9.63. The molecule has 7 heteroatoms. The molecule has 0 spiro atoms. The molecule has 1 aromatic rings. The van der Waals surface area contributed by atoms with Gasteiger partial charge in [0.2, 0.25) is 5.91 Å². The molecule has 0 radical (unpaired) electrons. The van der Waals surface area contributed by atoms with Gasteiger partial charge < -0.3 is 19.6 Å². The van der Waals surface area contributed by atoms with E-state index in [1.165, 1.54) is 0 Å². The largest absolute Gasteiger partial charge is 0.492 e. The van der Waals surface area contributed by atoms with Gasteiger partial charge in [0.15, 0.2) is 0 Å². The second-order valence-corrected chi connectivity index (χ2v) is 8.05. The maximum absolute atomic E-state index is 13.0. The van der Waals surface area contributed by atoms with Crippen LogP contribution in [0.1, 0.15) is 17.9 Å². The van der Waals surface area contributed by atoms with Gasteiger partial charge in [-0.05, 0) is 32.6 Å². The van der Waals surface area contributed by atoms with Crippen LogP contribution in [-0.4, -0.2) is 91.2 Å². The minimum Gasteiger partial charge on any atom is -0.492 e. The summed E-state index contributed by atoms with van der Waals surface area (Å²) in [6.45, 7) is 4.91. The highest BCUT2D eigenvalue weighted by Gasteiger charge is 2.57. The van der Waals surface area contributed by atoms with Gasteiger partial charge in [0.1, 0.15) is 17.8 Å². The lowest BCUT2D eigenvalue weighted by atomic mass is 9.73. The second kappa shape index (κ2) is 7.13. The number of likely N-dealkylation sites (tertiary alicyclic amines) is 1. The molecular formula is C20H27N3O4. The number of carboxylic acid groups (broad SMARTS) is 1. The van der Waals surface area contributed by atoms with E-state index >= 15 is 0 Å². The van der Waals surface area contributed by atoms with Gasteiger partial charge in [-0.25, -0.2) is 0 Å². The van der Waals surface area contributed by atoms with Crippen LogP contribution in [0.5, 0.6) is 5.75 Å². The maximum atomic E-state index is 13.0. The van der Waals surface area contributed by atoms with Crippen molar-refractivity contribution in [2.75, 3.05) is 59.5 Å². The lowest BCUT2D eigenvalue weighted by molar-refractivity contribution is -0.152. The predicted octanol–water partition coefficient (Wildman–Crippen LogP) is 0.713. The zero-order valence-corrected chi connectivity index (χ0v) is 15.8. The molecule has 0 bridgehead atoms. The Kier molecular flexibility index (Phi) is 4.82. The van der Waals surface area contributed by atoms with Crippen LogP contribution in [0, 0.1) is 5.41 Å². The van der Waals surface area contributed by atoms with Crippen molar-refractivity contribution in [3.05, 3.63) is 29.8 Å². The van der Waals surface area contributed by atoms with E-state index in [1.54, 1.807) is 4.90 Å². The van der Waals surface area contributed by atoms with Gasteiger partial charge >= 0.3 is 5.97 Å². The van der Waals surface area contributed by atoms with E-state index in [-0.39, 0.29) is 25.0 Å². The number of nitrogens with zero attached hydrogens (tertiary/aromatic N) is 3. The highest BCUT2D eigenvalue weighted by atomic mass is 16.5. The molecule has 0 saturated carbocycles. The highest BCUT2D eigenvalue weighted by molar-refractivity contribution is 5.83. The van der Waals surface area contributed by atoms with Crippen LogP contribution in [0.25, 0.3) is 0 Å². The molecular weight excluding hydrogens is 346 g/mol. The number of carbonyl (C=O) groups is 2. The molecule has 146 valence electrons. The van der Waals surface area contributed by atoms with Crippen LogP contribution in [0.15, 0.2) is 24.3 Å². The van der Waals surface area contributed by atoms with Crippen LogP contribution >= 0.6 is 0 Å². The summed E-state index contributed by atoms with van der Waals surface area (Å²) in [6.07, 6.45) is 1.05. The number of ether oxygens (including phenoxy) is 1. The summed E-state index contributed by atoms with van der Waals surface area (Å²) in [5, 5.41) is 9.98. The molecule has 3 aliphatic heterocycles. The fourth-order valence-electron chi connectivity index (χ4n) is 4.58. The number of carbonyl (C=O) groups excluding carboxylic acids is 1. The fraction of sp³-hybridized carbons (Fsp3) is 0.600. The first kappa shape index (κ1) is 18.3. The number of rotatable bonds is 3. The smallest absolute Gasteiger partial charge is 0.315 e. The Morgan fingerprint density at radius 3 is 2.85 bits per heavy atom. The number of para-hydroxylation sites is 1. The third kappa shape index (κ3) is 3.30. The molecule has 2 fully saturated rings. The number of likely N-dealkylation sites (N-methyl/N-ethyl adjacent to an activating group) is 1. The Morgan fingerprint density at radius 2 is 2.04 bits per heavy atom. The second-order valence-electron chi connectivity index (χ2n) is 8.05. The van der Waals surface area contributed by atoms with Crippen molar-refractivity contribution in [1.29, 1.82) is 0 Å². The normalized spacial score (nSPS) is 28.8.